The number of hydrogen-bond acceptors (Lipinski definition) is 3. The summed E-state index contributed by atoms with van der Waals surface area (Å²) in [7, 11) is 2.15. The molecule has 1 unspecified atom stereocenters. The highest BCUT2D eigenvalue weighted by Crippen LogP contribution is 2.28. The largest absolute Gasteiger partial charge is 0.356 e. The molecule has 0 fully saturated rings. The van der Waals surface area contributed by atoms with Gasteiger partial charge in [0, 0.05) is 31.2 Å². The van der Waals surface area contributed by atoms with Crippen molar-refractivity contribution in [3.8, 4) is 0 Å². The SMILES string of the molecule is CCCC(C)N(C)c1ncc(CNCC)c2ccccc12. The minimum atomic E-state index is 0.505. The van der Waals surface area contributed by atoms with E-state index in [9.17, 15) is 0 Å². The van der Waals surface area contributed by atoms with Crippen LogP contribution in [0.15, 0.2) is 30.5 Å². The Labute approximate surface area is 128 Å². The van der Waals surface area contributed by atoms with Crippen LogP contribution < -0.4 is 10.2 Å². The van der Waals surface area contributed by atoms with Gasteiger partial charge in [-0.25, -0.2) is 4.98 Å². The van der Waals surface area contributed by atoms with Crippen molar-refractivity contribution in [2.45, 2.75) is 46.2 Å². The van der Waals surface area contributed by atoms with E-state index in [1.54, 1.807) is 0 Å². The molecule has 0 bridgehead atoms. The predicted octanol–water partition coefficient (Wildman–Crippen LogP) is 3.97. The van der Waals surface area contributed by atoms with Crippen LogP contribution in [0.5, 0.6) is 0 Å². The number of fused-ring (bicyclic) bond motifs is 1. The second kappa shape index (κ2) is 7.41. The lowest BCUT2D eigenvalue weighted by molar-refractivity contribution is 0.612. The van der Waals surface area contributed by atoms with Gasteiger partial charge in [0.25, 0.3) is 0 Å². The maximum absolute atomic E-state index is 4.75. The summed E-state index contributed by atoms with van der Waals surface area (Å²) in [6.45, 7) is 8.48. The summed E-state index contributed by atoms with van der Waals surface area (Å²) in [6, 6.07) is 9.10. The molecule has 21 heavy (non-hydrogen) atoms. The molecule has 1 atom stereocenters. The Kier molecular flexibility index (Phi) is 5.57. The number of rotatable bonds is 7. The van der Waals surface area contributed by atoms with Gasteiger partial charge >= 0.3 is 0 Å². The number of benzene rings is 1. The molecular weight excluding hydrogens is 258 g/mol. The van der Waals surface area contributed by atoms with Gasteiger partial charge in [-0.1, -0.05) is 44.5 Å². The molecule has 0 radical (unpaired) electrons. The van der Waals surface area contributed by atoms with E-state index in [1.807, 2.05) is 6.20 Å². The number of anilines is 1. The van der Waals surface area contributed by atoms with E-state index in [0.717, 1.165) is 18.9 Å². The van der Waals surface area contributed by atoms with Crippen molar-refractivity contribution in [3.05, 3.63) is 36.0 Å². The van der Waals surface area contributed by atoms with Gasteiger partial charge in [0.15, 0.2) is 0 Å². The van der Waals surface area contributed by atoms with Crippen molar-refractivity contribution in [2.24, 2.45) is 0 Å². The van der Waals surface area contributed by atoms with E-state index in [1.165, 1.54) is 29.2 Å². The van der Waals surface area contributed by atoms with Gasteiger partial charge in [0.05, 0.1) is 0 Å². The lowest BCUT2D eigenvalue weighted by Gasteiger charge is -2.27. The summed E-state index contributed by atoms with van der Waals surface area (Å²) in [5.41, 5.74) is 1.27. The van der Waals surface area contributed by atoms with Gasteiger partial charge in [0.2, 0.25) is 0 Å². The summed E-state index contributed by atoms with van der Waals surface area (Å²) in [6.07, 6.45) is 4.41. The molecule has 0 amide bonds. The van der Waals surface area contributed by atoms with Crippen LogP contribution in [0.4, 0.5) is 5.82 Å². The van der Waals surface area contributed by atoms with Crippen LogP contribution in [0.3, 0.4) is 0 Å². The van der Waals surface area contributed by atoms with Gasteiger partial charge < -0.3 is 10.2 Å². The first-order valence-electron chi connectivity index (χ1n) is 7.99. The smallest absolute Gasteiger partial charge is 0.136 e. The quantitative estimate of drug-likeness (QED) is 0.834. The summed E-state index contributed by atoms with van der Waals surface area (Å²) in [4.78, 5) is 7.06. The van der Waals surface area contributed by atoms with Crippen LogP contribution >= 0.6 is 0 Å². The first-order chi connectivity index (χ1) is 10.2. The predicted molar refractivity (Wildman–Crippen MR) is 91.9 cm³/mol. The van der Waals surface area contributed by atoms with Crippen LogP contribution in [0.25, 0.3) is 10.8 Å². The second-order valence-corrected chi connectivity index (χ2v) is 5.68. The van der Waals surface area contributed by atoms with Gasteiger partial charge in [-0.3, -0.25) is 0 Å². The number of pyridine rings is 1. The molecule has 0 aliphatic heterocycles. The van der Waals surface area contributed by atoms with Gasteiger partial charge in [-0.05, 0) is 30.8 Å². The zero-order chi connectivity index (χ0) is 15.2. The van der Waals surface area contributed by atoms with Crippen molar-refractivity contribution in [1.82, 2.24) is 10.3 Å². The molecule has 0 saturated heterocycles. The van der Waals surface area contributed by atoms with E-state index in [4.69, 9.17) is 4.98 Å². The molecule has 0 saturated carbocycles. The molecular formula is C18H27N3. The standard InChI is InChI=1S/C18H27N3/c1-5-9-14(3)21(4)18-17-11-8-7-10-16(17)15(13-20-18)12-19-6-2/h7-8,10-11,13-14,19H,5-6,9,12H2,1-4H3. The Morgan fingerprint density at radius 1 is 1.19 bits per heavy atom. The first kappa shape index (κ1) is 15.8. The molecule has 1 heterocycles. The van der Waals surface area contributed by atoms with Crippen molar-refractivity contribution in [2.75, 3.05) is 18.5 Å². The molecule has 0 spiro atoms. The average molecular weight is 285 g/mol. The van der Waals surface area contributed by atoms with Gasteiger partial charge in [-0.2, -0.15) is 0 Å². The fourth-order valence-corrected chi connectivity index (χ4v) is 2.74. The Morgan fingerprint density at radius 2 is 1.90 bits per heavy atom. The molecule has 3 nitrogen and oxygen atoms in total. The normalized spacial score (nSPS) is 12.6. The zero-order valence-electron chi connectivity index (χ0n) is 13.7. The molecule has 3 heteroatoms. The van der Waals surface area contributed by atoms with Crippen molar-refractivity contribution < 1.29 is 0 Å². The lowest BCUT2D eigenvalue weighted by Crippen LogP contribution is -2.29. The maximum atomic E-state index is 4.75. The topological polar surface area (TPSA) is 28.2 Å². The van der Waals surface area contributed by atoms with E-state index in [0.29, 0.717) is 6.04 Å². The molecule has 0 aliphatic rings. The molecule has 2 aromatic rings. The van der Waals surface area contributed by atoms with E-state index < -0.39 is 0 Å². The minimum Gasteiger partial charge on any atom is -0.356 e. The van der Waals surface area contributed by atoms with E-state index in [2.05, 4.69) is 62.3 Å². The summed E-state index contributed by atoms with van der Waals surface area (Å²) >= 11 is 0. The van der Waals surface area contributed by atoms with Crippen molar-refractivity contribution >= 4 is 16.6 Å². The van der Waals surface area contributed by atoms with Crippen LogP contribution in [0.1, 0.15) is 39.2 Å². The zero-order valence-corrected chi connectivity index (χ0v) is 13.7. The number of nitrogens with one attached hydrogen (secondary N) is 1. The van der Waals surface area contributed by atoms with Gasteiger partial charge in [-0.15, -0.1) is 0 Å². The summed E-state index contributed by atoms with van der Waals surface area (Å²) in [5, 5.41) is 5.95. The van der Waals surface area contributed by atoms with Crippen molar-refractivity contribution in [1.29, 1.82) is 0 Å². The fraction of sp³-hybridized carbons (Fsp3) is 0.500. The summed E-state index contributed by atoms with van der Waals surface area (Å²) in [5.74, 6) is 1.09. The molecule has 1 N–H and O–H groups in total. The highest BCUT2D eigenvalue weighted by molar-refractivity contribution is 5.94. The third-order valence-corrected chi connectivity index (χ3v) is 4.12. The lowest BCUT2D eigenvalue weighted by atomic mass is 10.1. The average Bonchev–Trinajstić information content (AvgIpc) is 2.52. The summed E-state index contributed by atoms with van der Waals surface area (Å²) < 4.78 is 0. The number of hydrogen-bond donors (Lipinski definition) is 1. The fourth-order valence-electron chi connectivity index (χ4n) is 2.74. The minimum absolute atomic E-state index is 0.505. The van der Waals surface area contributed by atoms with Crippen molar-refractivity contribution in [3.63, 3.8) is 0 Å². The number of aromatic nitrogens is 1. The Balaban J connectivity index is 2.42. The maximum Gasteiger partial charge on any atom is 0.136 e. The Bertz CT molecular complexity index is 580. The van der Waals surface area contributed by atoms with E-state index >= 15 is 0 Å². The third-order valence-electron chi connectivity index (χ3n) is 4.12. The monoisotopic (exact) mass is 285 g/mol. The molecule has 2 rings (SSSR count). The van der Waals surface area contributed by atoms with Crippen LogP contribution in [-0.2, 0) is 6.54 Å². The molecule has 114 valence electrons. The Morgan fingerprint density at radius 3 is 2.57 bits per heavy atom. The molecule has 1 aromatic carbocycles. The van der Waals surface area contributed by atoms with Crippen LogP contribution in [-0.4, -0.2) is 24.6 Å². The third kappa shape index (κ3) is 3.53. The first-order valence-corrected chi connectivity index (χ1v) is 7.99. The van der Waals surface area contributed by atoms with Gasteiger partial charge in [0.1, 0.15) is 5.82 Å². The molecule has 0 aliphatic carbocycles. The molecule has 1 aromatic heterocycles. The highest BCUT2D eigenvalue weighted by Gasteiger charge is 2.14. The highest BCUT2D eigenvalue weighted by atomic mass is 15.2. The van der Waals surface area contributed by atoms with E-state index in [-0.39, 0.29) is 0 Å². The second-order valence-electron chi connectivity index (χ2n) is 5.68. The Hall–Kier alpha value is -1.61. The van der Waals surface area contributed by atoms with Crippen LogP contribution in [0.2, 0.25) is 0 Å². The number of nitrogens with zero attached hydrogens (tertiary/aromatic N) is 2. The van der Waals surface area contributed by atoms with Crippen LogP contribution in [0, 0.1) is 0 Å².